The minimum Gasteiger partial charge on any atom is -0.381 e. The molecule has 0 aliphatic carbocycles. The lowest BCUT2D eigenvalue weighted by Gasteiger charge is -2.27. The first-order valence-corrected chi connectivity index (χ1v) is 6.85. The molecule has 0 amide bonds. The van der Waals surface area contributed by atoms with E-state index in [-0.39, 0.29) is 0 Å². The van der Waals surface area contributed by atoms with Crippen LogP contribution in [0.1, 0.15) is 32.1 Å². The summed E-state index contributed by atoms with van der Waals surface area (Å²) in [5, 5.41) is 3.48. The summed E-state index contributed by atoms with van der Waals surface area (Å²) in [6.07, 6.45) is 6.62. The van der Waals surface area contributed by atoms with Gasteiger partial charge in [0.2, 0.25) is 0 Å². The lowest BCUT2D eigenvalue weighted by molar-refractivity contribution is 0.172. The fraction of sp³-hybridized carbons (Fsp3) is 1.00. The van der Waals surface area contributed by atoms with Crippen molar-refractivity contribution in [1.29, 1.82) is 0 Å². The Balaban J connectivity index is 1.66. The largest absolute Gasteiger partial charge is 0.381 e. The Hall–Kier alpha value is -0.120. The molecule has 0 bridgehead atoms. The summed E-state index contributed by atoms with van der Waals surface area (Å²) in [6, 6.07) is 0.803. The second kappa shape index (κ2) is 6.58. The molecule has 0 saturated carbocycles. The van der Waals surface area contributed by atoms with Gasteiger partial charge >= 0.3 is 0 Å². The number of nitrogens with zero attached hydrogens (tertiary/aromatic N) is 1. The summed E-state index contributed by atoms with van der Waals surface area (Å²) in [5.41, 5.74) is 0. The van der Waals surface area contributed by atoms with E-state index >= 15 is 0 Å². The van der Waals surface area contributed by atoms with Gasteiger partial charge in [-0.25, -0.2) is 0 Å². The van der Waals surface area contributed by atoms with Crippen LogP contribution in [0.2, 0.25) is 0 Å². The number of rotatable bonds is 4. The predicted octanol–water partition coefficient (Wildman–Crippen LogP) is 1.49. The van der Waals surface area contributed by atoms with Crippen molar-refractivity contribution in [3.63, 3.8) is 0 Å². The van der Waals surface area contributed by atoms with Gasteiger partial charge < -0.3 is 15.0 Å². The highest BCUT2D eigenvalue weighted by Crippen LogP contribution is 2.18. The highest BCUT2D eigenvalue weighted by atomic mass is 16.5. The number of hydrogen-bond donors (Lipinski definition) is 1. The Morgan fingerprint density at radius 1 is 1.25 bits per heavy atom. The van der Waals surface area contributed by atoms with Crippen LogP contribution in [-0.2, 0) is 4.74 Å². The van der Waals surface area contributed by atoms with Crippen molar-refractivity contribution in [2.45, 2.75) is 38.1 Å². The lowest BCUT2D eigenvalue weighted by Crippen LogP contribution is -2.34. The average molecular weight is 226 g/mol. The van der Waals surface area contributed by atoms with E-state index in [2.05, 4.69) is 17.3 Å². The third kappa shape index (κ3) is 3.72. The van der Waals surface area contributed by atoms with Crippen LogP contribution >= 0.6 is 0 Å². The van der Waals surface area contributed by atoms with E-state index in [1.54, 1.807) is 0 Å². The first-order valence-electron chi connectivity index (χ1n) is 6.85. The Bertz CT molecular complexity index is 184. The molecule has 94 valence electrons. The minimum absolute atomic E-state index is 0.803. The van der Waals surface area contributed by atoms with Crippen LogP contribution in [0, 0.1) is 5.92 Å². The Labute approximate surface area is 99.5 Å². The van der Waals surface area contributed by atoms with Gasteiger partial charge in [-0.05, 0) is 64.7 Å². The van der Waals surface area contributed by atoms with Crippen molar-refractivity contribution in [2.75, 3.05) is 39.9 Å². The Morgan fingerprint density at radius 3 is 3.00 bits per heavy atom. The average Bonchev–Trinajstić information content (AvgIpc) is 2.66. The monoisotopic (exact) mass is 226 g/mol. The van der Waals surface area contributed by atoms with Gasteiger partial charge in [0.1, 0.15) is 0 Å². The smallest absolute Gasteiger partial charge is 0.0495 e. The maximum absolute atomic E-state index is 5.43. The Kier molecular flexibility index (Phi) is 5.07. The standard InChI is InChI=1S/C13H26N2O/c1-15(9-5-12-6-10-16-11-12)13-3-2-7-14-8-4-13/h12-14H,2-11H2,1H3. The molecule has 0 aromatic heterocycles. The van der Waals surface area contributed by atoms with Crippen LogP contribution in [0.15, 0.2) is 0 Å². The number of hydrogen-bond acceptors (Lipinski definition) is 3. The van der Waals surface area contributed by atoms with Crippen molar-refractivity contribution in [3.8, 4) is 0 Å². The lowest BCUT2D eigenvalue weighted by atomic mass is 10.0. The van der Waals surface area contributed by atoms with Gasteiger partial charge in [-0.1, -0.05) is 0 Å². The highest BCUT2D eigenvalue weighted by Gasteiger charge is 2.20. The molecular weight excluding hydrogens is 200 g/mol. The zero-order chi connectivity index (χ0) is 11.2. The zero-order valence-electron chi connectivity index (χ0n) is 10.6. The van der Waals surface area contributed by atoms with Crippen molar-refractivity contribution in [1.82, 2.24) is 10.2 Å². The highest BCUT2D eigenvalue weighted by molar-refractivity contribution is 4.75. The molecule has 0 aromatic rings. The minimum atomic E-state index is 0.803. The van der Waals surface area contributed by atoms with E-state index in [9.17, 15) is 0 Å². The summed E-state index contributed by atoms with van der Waals surface area (Å²) in [6.45, 7) is 5.64. The third-order valence-electron chi connectivity index (χ3n) is 4.08. The van der Waals surface area contributed by atoms with E-state index in [0.717, 1.165) is 25.2 Å². The van der Waals surface area contributed by atoms with Crippen molar-refractivity contribution in [3.05, 3.63) is 0 Å². The quantitative estimate of drug-likeness (QED) is 0.786. The van der Waals surface area contributed by atoms with E-state index in [1.807, 2.05) is 0 Å². The molecule has 1 N–H and O–H groups in total. The normalized spacial score (nSPS) is 31.9. The van der Waals surface area contributed by atoms with Crippen LogP contribution in [0.25, 0.3) is 0 Å². The van der Waals surface area contributed by atoms with Gasteiger partial charge in [0.15, 0.2) is 0 Å². The summed E-state index contributed by atoms with van der Waals surface area (Å²) < 4.78 is 5.43. The molecule has 3 nitrogen and oxygen atoms in total. The summed E-state index contributed by atoms with van der Waals surface area (Å²) in [4.78, 5) is 2.57. The SMILES string of the molecule is CN(CCC1CCOC1)C1CCCNCC1. The van der Waals surface area contributed by atoms with E-state index in [4.69, 9.17) is 4.74 Å². The topological polar surface area (TPSA) is 24.5 Å². The number of ether oxygens (including phenoxy) is 1. The molecule has 0 spiro atoms. The summed E-state index contributed by atoms with van der Waals surface area (Å²) >= 11 is 0. The fourth-order valence-electron chi connectivity index (χ4n) is 2.82. The number of nitrogens with one attached hydrogen (secondary N) is 1. The summed E-state index contributed by atoms with van der Waals surface area (Å²) in [7, 11) is 2.30. The van der Waals surface area contributed by atoms with Gasteiger partial charge in [-0.15, -0.1) is 0 Å². The molecule has 2 atom stereocenters. The maximum Gasteiger partial charge on any atom is 0.0495 e. The van der Waals surface area contributed by atoms with Crippen LogP contribution in [0.4, 0.5) is 0 Å². The first-order chi connectivity index (χ1) is 7.86. The molecule has 16 heavy (non-hydrogen) atoms. The van der Waals surface area contributed by atoms with Crippen LogP contribution in [0.3, 0.4) is 0 Å². The third-order valence-corrected chi connectivity index (χ3v) is 4.08. The molecule has 2 unspecified atom stereocenters. The molecule has 3 heteroatoms. The van der Waals surface area contributed by atoms with Gasteiger partial charge in [-0.3, -0.25) is 0 Å². The predicted molar refractivity (Wildman–Crippen MR) is 66.7 cm³/mol. The van der Waals surface area contributed by atoms with Crippen LogP contribution < -0.4 is 5.32 Å². The second-order valence-electron chi connectivity index (χ2n) is 5.33. The summed E-state index contributed by atoms with van der Waals surface area (Å²) in [5.74, 6) is 0.825. The molecular formula is C13H26N2O. The fourth-order valence-corrected chi connectivity index (χ4v) is 2.82. The van der Waals surface area contributed by atoms with Crippen molar-refractivity contribution in [2.24, 2.45) is 5.92 Å². The zero-order valence-corrected chi connectivity index (χ0v) is 10.6. The van der Waals surface area contributed by atoms with E-state index in [1.165, 1.54) is 51.7 Å². The van der Waals surface area contributed by atoms with Crippen LogP contribution in [-0.4, -0.2) is 50.8 Å². The molecule has 0 radical (unpaired) electrons. The van der Waals surface area contributed by atoms with Gasteiger partial charge in [0, 0.05) is 19.3 Å². The molecule has 2 heterocycles. The Morgan fingerprint density at radius 2 is 2.19 bits per heavy atom. The molecule has 2 aliphatic rings. The van der Waals surface area contributed by atoms with Gasteiger partial charge in [0.25, 0.3) is 0 Å². The van der Waals surface area contributed by atoms with Gasteiger partial charge in [-0.2, -0.15) is 0 Å². The van der Waals surface area contributed by atoms with E-state index in [0.29, 0.717) is 0 Å². The first kappa shape index (κ1) is 12.3. The maximum atomic E-state index is 5.43. The molecule has 2 aliphatic heterocycles. The second-order valence-corrected chi connectivity index (χ2v) is 5.33. The van der Waals surface area contributed by atoms with Crippen molar-refractivity contribution >= 4 is 0 Å². The van der Waals surface area contributed by atoms with E-state index < -0.39 is 0 Å². The molecule has 0 aromatic carbocycles. The molecule has 2 rings (SSSR count). The van der Waals surface area contributed by atoms with Crippen molar-refractivity contribution < 1.29 is 4.74 Å². The van der Waals surface area contributed by atoms with Crippen LogP contribution in [0.5, 0.6) is 0 Å². The van der Waals surface area contributed by atoms with Gasteiger partial charge in [0.05, 0.1) is 0 Å². The molecule has 2 fully saturated rings. The molecule has 2 saturated heterocycles.